The van der Waals surface area contributed by atoms with E-state index in [2.05, 4.69) is 29.2 Å². The fourth-order valence-electron chi connectivity index (χ4n) is 3.14. The second-order valence-electron chi connectivity index (χ2n) is 5.64. The molecule has 0 aliphatic heterocycles. The van der Waals surface area contributed by atoms with Crippen LogP contribution in [0.5, 0.6) is 0 Å². The molecule has 2 nitrogen and oxygen atoms in total. The van der Waals surface area contributed by atoms with Crippen molar-refractivity contribution in [3.05, 3.63) is 35.0 Å². The molecule has 19 heavy (non-hydrogen) atoms. The van der Waals surface area contributed by atoms with Gasteiger partial charge in [-0.15, -0.1) is 0 Å². The minimum absolute atomic E-state index is 0.705. The van der Waals surface area contributed by atoms with Crippen molar-refractivity contribution in [3.8, 4) is 0 Å². The SMILES string of the molecule is Cn1cc(CNC2CCCCC2)c2ccc(Cl)cc21. The van der Waals surface area contributed by atoms with Crippen molar-refractivity contribution in [1.29, 1.82) is 0 Å². The van der Waals surface area contributed by atoms with Crippen molar-refractivity contribution in [2.75, 3.05) is 0 Å². The van der Waals surface area contributed by atoms with Crippen molar-refractivity contribution in [2.24, 2.45) is 7.05 Å². The van der Waals surface area contributed by atoms with Crippen LogP contribution in [0.15, 0.2) is 24.4 Å². The highest BCUT2D eigenvalue weighted by molar-refractivity contribution is 6.31. The first-order chi connectivity index (χ1) is 9.24. The molecule has 1 heterocycles. The van der Waals surface area contributed by atoms with Gasteiger partial charge in [-0.05, 0) is 30.5 Å². The van der Waals surface area contributed by atoms with E-state index in [-0.39, 0.29) is 0 Å². The van der Waals surface area contributed by atoms with Crippen LogP contribution in [0.3, 0.4) is 0 Å². The van der Waals surface area contributed by atoms with Crippen LogP contribution in [0, 0.1) is 0 Å². The summed E-state index contributed by atoms with van der Waals surface area (Å²) in [6.45, 7) is 0.962. The van der Waals surface area contributed by atoms with E-state index in [1.54, 1.807) is 0 Å². The Bertz CT molecular complexity index is 567. The van der Waals surface area contributed by atoms with Gasteiger partial charge >= 0.3 is 0 Å². The number of aryl methyl sites for hydroxylation is 1. The maximum Gasteiger partial charge on any atom is 0.0495 e. The Morgan fingerprint density at radius 1 is 1.26 bits per heavy atom. The minimum Gasteiger partial charge on any atom is -0.350 e. The molecule has 0 spiro atoms. The highest BCUT2D eigenvalue weighted by Gasteiger charge is 2.14. The quantitative estimate of drug-likeness (QED) is 0.887. The van der Waals surface area contributed by atoms with Crippen molar-refractivity contribution in [3.63, 3.8) is 0 Å². The van der Waals surface area contributed by atoms with E-state index in [0.29, 0.717) is 6.04 Å². The second kappa shape index (κ2) is 5.56. The predicted octanol–water partition coefficient (Wildman–Crippen LogP) is 4.25. The molecule has 0 unspecified atom stereocenters. The molecule has 0 saturated heterocycles. The molecule has 0 amide bonds. The average Bonchev–Trinajstić information content (AvgIpc) is 2.74. The fraction of sp³-hybridized carbons (Fsp3) is 0.500. The summed E-state index contributed by atoms with van der Waals surface area (Å²) in [5, 5.41) is 5.83. The highest BCUT2D eigenvalue weighted by Crippen LogP contribution is 2.25. The van der Waals surface area contributed by atoms with E-state index in [1.165, 1.54) is 48.6 Å². The lowest BCUT2D eigenvalue weighted by Crippen LogP contribution is -2.30. The molecule has 102 valence electrons. The summed E-state index contributed by atoms with van der Waals surface area (Å²) < 4.78 is 2.17. The Morgan fingerprint density at radius 2 is 2.05 bits per heavy atom. The maximum absolute atomic E-state index is 6.07. The third-order valence-corrected chi connectivity index (χ3v) is 4.46. The molecule has 1 aliphatic carbocycles. The molecule has 0 atom stereocenters. The second-order valence-corrected chi connectivity index (χ2v) is 6.08. The number of nitrogens with one attached hydrogen (secondary N) is 1. The summed E-state index contributed by atoms with van der Waals surface area (Å²) in [5.41, 5.74) is 2.59. The van der Waals surface area contributed by atoms with Crippen LogP contribution in [0.1, 0.15) is 37.7 Å². The number of hydrogen-bond donors (Lipinski definition) is 1. The number of fused-ring (bicyclic) bond motifs is 1. The number of benzene rings is 1. The van der Waals surface area contributed by atoms with Crippen LogP contribution in [0.4, 0.5) is 0 Å². The topological polar surface area (TPSA) is 17.0 Å². The first-order valence-electron chi connectivity index (χ1n) is 7.21. The van der Waals surface area contributed by atoms with E-state index in [4.69, 9.17) is 11.6 Å². The molecule has 2 aromatic rings. The number of rotatable bonds is 3. The monoisotopic (exact) mass is 276 g/mol. The molecular weight excluding hydrogens is 256 g/mol. The van der Waals surface area contributed by atoms with Gasteiger partial charge in [0, 0.05) is 41.8 Å². The Balaban J connectivity index is 1.77. The lowest BCUT2D eigenvalue weighted by molar-refractivity contribution is 0.372. The minimum atomic E-state index is 0.705. The molecule has 0 bridgehead atoms. The van der Waals surface area contributed by atoms with Crippen LogP contribution in [-0.2, 0) is 13.6 Å². The number of hydrogen-bond acceptors (Lipinski definition) is 1. The predicted molar refractivity (Wildman–Crippen MR) is 81.6 cm³/mol. The van der Waals surface area contributed by atoms with Crippen molar-refractivity contribution < 1.29 is 0 Å². The van der Waals surface area contributed by atoms with Gasteiger partial charge in [-0.25, -0.2) is 0 Å². The number of halogens is 1. The van der Waals surface area contributed by atoms with Gasteiger partial charge in [-0.3, -0.25) is 0 Å². The summed E-state index contributed by atoms with van der Waals surface area (Å²) in [4.78, 5) is 0. The molecule has 1 N–H and O–H groups in total. The van der Waals surface area contributed by atoms with Crippen LogP contribution in [0.2, 0.25) is 5.02 Å². The Hall–Kier alpha value is -0.990. The van der Waals surface area contributed by atoms with Gasteiger partial charge in [-0.1, -0.05) is 36.9 Å². The standard InChI is InChI=1S/C16H21ClN2/c1-19-11-12(10-18-14-5-3-2-4-6-14)15-8-7-13(17)9-16(15)19/h7-9,11,14,18H,2-6,10H2,1H3. The van der Waals surface area contributed by atoms with Crippen molar-refractivity contribution in [2.45, 2.75) is 44.7 Å². The summed E-state index contributed by atoms with van der Waals surface area (Å²) in [6, 6.07) is 6.86. The van der Waals surface area contributed by atoms with E-state index < -0.39 is 0 Å². The van der Waals surface area contributed by atoms with Crippen LogP contribution >= 0.6 is 11.6 Å². The zero-order valence-electron chi connectivity index (χ0n) is 11.5. The van der Waals surface area contributed by atoms with Gasteiger partial charge in [0.1, 0.15) is 0 Å². The first-order valence-corrected chi connectivity index (χ1v) is 7.58. The Kier molecular flexibility index (Phi) is 3.81. The van der Waals surface area contributed by atoms with Crippen LogP contribution in [0.25, 0.3) is 10.9 Å². The largest absolute Gasteiger partial charge is 0.350 e. The molecular formula is C16H21ClN2. The summed E-state index contributed by atoms with van der Waals surface area (Å²) in [5.74, 6) is 0. The molecule has 1 fully saturated rings. The lowest BCUT2D eigenvalue weighted by Gasteiger charge is -2.22. The zero-order valence-corrected chi connectivity index (χ0v) is 12.2. The van der Waals surface area contributed by atoms with Crippen LogP contribution < -0.4 is 5.32 Å². The third kappa shape index (κ3) is 2.80. The van der Waals surface area contributed by atoms with Gasteiger partial charge in [0.05, 0.1) is 0 Å². The molecule has 1 aliphatic rings. The molecule has 0 radical (unpaired) electrons. The summed E-state index contributed by atoms with van der Waals surface area (Å²) in [7, 11) is 2.09. The average molecular weight is 277 g/mol. The fourth-order valence-corrected chi connectivity index (χ4v) is 3.31. The lowest BCUT2D eigenvalue weighted by atomic mass is 9.95. The summed E-state index contributed by atoms with van der Waals surface area (Å²) in [6.07, 6.45) is 9.04. The maximum atomic E-state index is 6.07. The van der Waals surface area contributed by atoms with Crippen molar-refractivity contribution >= 4 is 22.5 Å². The van der Waals surface area contributed by atoms with Crippen LogP contribution in [-0.4, -0.2) is 10.6 Å². The van der Waals surface area contributed by atoms with Gasteiger partial charge in [-0.2, -0.15) is 0 Å². The molecule has 1 aromatic carbocycles. The number of nitrogens with zero attached hydrogens (tertiary/aromatic N) is 1. The zero-order chi connectivity index (χ0) is 13.2. The van der Waals surface area contributed by atoms with E-state index >= 15 is 0 Å². The molecule has 1 saturated carbocycles. The number of aromatic nitrogens is 1. The van der Waals surface area contributed by atoms with E-state index in [1.807, 2.05) is 12.1 Å². The van der Waals surface area contributed by atoms with Crippen molar-refractivity contribution in [1.82, 2.24) is 9.88 Å². The third-order valence-electron chi connectivity index (χ3n) is 4.22. The van der Waals surface area contributed by atoms with Gasteiger partial charge in [0.2, 0.25) is 0 Å². The molecule has 3 rings (SSSR count). The normalized spacial score (nSPS) is 17.2. The molecule has 1 aromatic heterocycles. The van der Waals surface area contributed by atoms with E-state index in [9.17, 15) is 0 Å². The summed E-state index contributed by atoms with van der Waals surface area (Å²) >= 11 is 6.07. The van der Waals surface area contributed by atoms with Gasteiger partial charge in [0.25, 0.3) is 0 Å². The highest BCUT2D eigenvalue weighted by atomic mass is 35.5. The Morgan fingerprint density at radius 3 is 2.84 bits per heavy atom. The van der Waals surface area contributed by atoms with Gasteiger partial charge < -0.3 is 9.88 Å². The Labute approximate surface area is 119 Å². The van der Waals surface area contributed by atoms with Gasteiger partial charge in [0.15, 0.2) is 0 Å². The van der Waals surface area contributed by atoms with E-state index in [0.717, 1.165) is 11.6 Å². The first kappa shape index (κ1) is 13.0. The molecule has 3 heteroatoms. The smallest absolute Gasteiger partial charge is 0.0495 e.